The van der Waals surface area contributed by atoms with Crippen LogP contribution in [0.1, 0.15) is 323 Å². The molecular weight excluding hydrogens is 841 g/mol. The van der Waals surface area contributed by atoms with Crippen LogP contribution in [-0.4, -0.2) is 37.2 Å². The third kappa shape index (κ3) is 54.6. The molecule has 0 aromatic carbocycles. The summed E-state index contributed by atoms with van der Waals surface area (Å²) in [5.74, 6) is -0.882. The molecule has 6 heteroatoms. The number of allylic oxidation sites excluding steroid dienone is 6. The van der Waals surface area contributed by atoms with E-state index < -0.39 is 6.10 Å². The van der Waals surface area contributed by atoms with Crippen molar-refractivity contribution in [1.82, 2.24) is 0 Å². The molecule has 0 fully saturated rings. The first kappa shape index (κ1) is 65.6. The highest BCUT2D eigenvalue weighted by atomic mass is 16.6. The molecule has 1 unspecified atom stereocenters. The van der Waals surface area contributed by atoms with E-state index in [-0.39, 0.29) is 31.1 Å². The smallest absolute Gasteiger partial charge is 0.306 e. The van der Waals surface area contributed by atoms with Gasteiger partial charge in [0.25, 0.3) is 0 Å². The lowest BCUT2D eigenvalue weighted by Gasteiger charge is -2.18. The quantitative estimate of drug-likeness (QED) is 0.0199. The lowest BCUT2D eigenvalue weighted by atomic mass is 10.0. The van der Waals surface area contributed by atoms with Crippen LogP contribution in [0.5, 0.6) is 0 Å². The summed E-state index contributed by atoms with van der Waals surface area (Å²) >= 11 is 0. The summed E-state index contributed by atoms with van der Waals surface area (Å²) in [5, 5.41) is 0. The summed E-state index contributed by atoms with van der Waals surface area (Å²) < 4.78 is 16.9. The van der Waals surface area contributed by atoms with Gasteiger partial charge in [0, 0.05) is 19.3 Å². The number of carbonyl (C=O) groups excluding carboxylic acids is 3. The second kappa shape index (κ2) is 57.2. The van der Waals surface area contributed by atoms with E-state index in [9.17, 15) is 14.4 Å². The van der Waals surface area contributed by atoms with Gasteiger partial charge in [-0.15, -0.1) is 0 Å². The molecule has 0 aromatic rings. The van der Waals surface area contributed by atoms with Gasteiger partial charge in [0.2, 0.25) is 0 Å². The maximum Gasteiger partial charge on any atom is 0.306 e. The van der Waals surface area contributed by atoms with Crippen molar-refractivity contribution in [3.63, 3.8) is 0 Å². The molecule has 0 rings (SSSR count). The maximum absolute atomic E-state index is 12.9. The average molecular weight is 956 g/mol. The van der Waals surface area contributed by atoms with Gasteiger partial charge in [-0.05, 0) is 70.6 Å². The van der Waals surface area contributed by atoms with E-state index in [1.165, 1.54) is 199 Å². The van der Waals surface area contributed by atoms with E-state index in [2.05, 4.69) is 57.2 Å². The Bertz CT molecular complexity index is 1140. The van der Waals surface area contributed by atoms with Gasteiger partial charge in [-0.3, -0.25) is 14.4 Å². The predicted octanol–water partition coefficient (Wildman–Crippen LogP) is 20.0. The Balaban J connectivity index is 4.37. The highest BCUT2D eigenvalue weighted by Gasteiger charge is 2.19. The molecule has 6 nitrogen and oxygen atoms in total. The molecule has 0 amide bonds. The summed E-state index contributed by atoms with van der Waals surface area (Å²) in [6.45, 7) is 6.66. The van der Waals surface area contributed by atoms with Crippen LogP contribution in [0.3, 0.4) is 0 Å². The summed E-state index contributed by atoms with van der Waals surface area (Å²) in [5.41, 5.74) is 0. The predicted molar refractivity (Wildman–Crippen MR) is 293 cm³/mol. The number of ether oxygens (including phenoxy) is 3. The maximum atomic E-state index is 12.9. The van der Waals surface area contributed by atoms with Crippen LogP contribution in [0.4, 0.5) is 0 Å². The number of hydrogen-bond acceptors (Lipinski definition) is 6. The largest absolute Gasteiger partial charge is 0.462 e. The third-order valence-corrected chi connectivity index (χ3v) is 13.4. The Morgan fingerprint density at radius 1 is 0.294 bits per heavy atom. The number of rotatable bonds is 55. The Morgan fingerprint density at radius 3 is 0.824 bits per heavy atom. The third-order valence-electron chi connectivity index (χ3n) is 13.4. The van der Waals surface area contributed by atoms with Gasteiger partial charge in [-0.2, -0.15) is 0 Å². The Hall–Kier alpha value is -2.37. The van der Waals surface area contributed by atoms with Crippen LogP contribution in [-0.2, 0) is 28.6 Å². The molecule has 0 bridgehead atoms. The second-order valence-electron chi connectivity index (χ2n) is 20.3. The SMILES string of the molecule is CCCCCCCCC/C=C\C=C/CCCCCCCC(=O)OCC(COC(=O)CCCCCCCCCCCCCCCC)OC(=O)CCCCCCC/C=C\CCCCCCCCCCC. The van der Waals surface area contributed by atoms with Crippen LogP contribution in [0.15, 0.2) is 36.5 Å². The normalized spacial score (nSPS) is 12.2. The summed E-state index contributed by atoms with van der Waals surface area (Å²) in [6, 6.07) is 0. The molecular formula is C62H114O6. The highest BCUT2D eigenvalue weighted by Crippen LogP contribution is 2.16. The Kier molecular flexibility index (Phi) is 55.2. The minimum absolute atomic E-state index is 0.0769. The minimum atomic E-state index is -0.780. The summed E-state index contributed by atoms with van der Waals surface area (Å²) in [7, 11) is 0. The van der Waals surface area contributed by atoms with Gasteiger partial charge in [-0.1, -0.05) is 269 Å². The van der Waals surface area contributed by atoms with E-state index in [0.29, 0.717) is 19.3 Å². The van der Waals surface area contributed by atoms with Crippen molar-refractivity contribution in [3.8, 4) is 0 Å². The number of unbranched alkanes of at least 4 members (excludes halogenated alkanes) is 39. The van der Waals surface area contributed by atoms with Crippen LogP contribution >= 0.6 is 0 Å². The van der Waals surface area contributed by atoms with Crippen LogP contribution in [0, 0.1) is 0 Å². The standard InChI is InChI=1S/C62H114O6/c1-4-7-10-13-16-19-22-25-28-30-32-34-37-40-43-46-49-52-55-61(64)67-58-59(57-66-60(63)54-51-48-45-42-39-36-27-24-21-18-15-12-9-6-3)68-62(65)56-53-50-47-44-41-38-35-33-31-29-26-23-20-17-14-11-8-5-2/h28,30,32-35,59H,4-27,29,31,36-58H2,1-3H3/b30-28-,34-32-,35-33-. The molecule has 0 saturated carbocycles. The van der Waals surface area contributed by atoms with E-state index in [4.69, 9.17) is 14.2 Å². The number of esters is 3. The first-order chi connectivity index (χ1) is 33.5. The monoisotopic (exact) mass is 955 g/mol. The van der Waals surface area contributed by atoms with Crippen molar-refractivity contribution in [2.24, 2.45) is 0 Å². The topological polar surface area (TPSA) is 78.9 Å². The molecule has 68 heavy (non-hydrogen) atoms. The van der Waals surface area contributed by atoms with Crippen molar-refractivity contribution in [2.75, 3.05) is 13.2 Å². The summed E-state index contributed by atoms with van der Waals surface area (Å²) in [4.78, 5) is 38.2. The first-order valence-electron chi connectivity index (χ1n) is 30.0. The van der Waals surface area contributed by atoms with E-state index >= 15 is 0 Å². The van der Waals surface area contributed by atoms with Gasteiger partial charge in [0.15, 0.2) is 6.10 Å². The number of hydrogen-bond donors (Lipinski definition) is 0. The van der Waals surface area contributed by atoms with E-state index in [1.54, 1.807) is 0 Å². The molecule has 398 valence electrons. The molecule has 0 radical (unpaired) electrons. The second-order valence-corrected chi connectivity index (χ2v) is 20.3. The fourth-order valence-corrected chi connectivity index (χ4v) is 8.84. The van der Waals surface area contributed by atoms with Crippen LogP contribution in [0.25, 0.3) is 0 Å². The lowest BCUT2D eigenvalue weighted by molar-refractivity contribution is -0.167. The minimum Gasteiger partial charge on any atom is -0.462 e. The molecule has 1 atom stereocenters. The Morgan fingerprint density at radius 2 is 0.529 bits per heavy atom. The van der Waals surface area contributed by atoms with E-state index in [0.717, 1.165) is 83.5 Å². The molecule has 0 aromatic heterocycles. The molecule has 0 aliphatic rings. The summed E-state index contributed by atoms with van der Waals surface area (Å²) in [6.07, 6.45) is 68.5. The fraction of sp³-hybridized carbons (Fsp3) is 0.855. The first-order valence-corrected chi connectivity index (χ1v) is 30.0. The van der Waals surface area contributed by atoms with Crippen molar-refractivity contribution in [1.29, 1.82) is 0 Å². The zero-order valence-corrected chi connectivity index (χ0v) is 45.6. The number of carbonyl (C=O) groups is 3. The van der Waals surface area contributed by atoms with E-state index in [1.807, 2.05) is 0 Å². The van der Waals surface area contributed by atoms with Gasteiger partial charge < -0.3 is 14.2 Å². The van der Waals surface area contributed by atoms with Gasteiger partial charge in [0.1, 0.15) is 13.2 Å². The Labute approximate surface area is 423 Å². The van der Waals surface area contributed by atoms with Gasteiger partial charge in [-0.25, -0.2) is 0 Å². The van der Waals surface area contributed by atoms with Crippen LogP contribution in [0.2, 0.25) is 0 Å². The molecule has 0 spiro atoms. The van der Waals surface area contributed by atoms with Crippen molar-refractivity contribution in [3.05, 3.63) is 36.5 Å². The molecule has 0 N–H and O–H groups in total. The average Bonchev–Trinajstić information content (AvgIpc) is 3.34. The van der Waals surface area contributed by atoms with Crippen molar-refractivity contribution >= 4 is 17.9 Å². The van der Waals surface area contributed by atoms with Gasteiger partial charge >= 0.3 is 17.9 Å². The molecule has 0 aliphatic carbocycles. The fourth-order valence-electron chi connectivity index (χ4n) is 8.84. The zero-order valence-electron chi connectivity index (χ0n) is 45.6. The van der Waals surface area contributed by atoms with Crippen molar-refractivity contribution in [2.45, 2.75) is 329 Å². The van der Waals surface area contributed by atoms with Gasteiger partial charge in [0.05, 0.1) is 0 Å². The highest BCUT2D eigenvalue weighted by molar-refractivity contribution is 5.71. The molecule has 0 heterocycles. The molecule has 0 saturated heterocycles. The lowest BCUT2D eigenvalue weighted by Crippen LogP contribution is -2.30. The van der Waals surface area contributed by atoms with Crippen LogP contribution < -0.4 is 0 Å². The van der Waals surface area contributed by atoms with Crippen molar-refractivity contribution < 1.29 is 28.6 Å². The zero-order chi connectivity index (χ0) is 49.3. The molecule has 0 aliphatic heterocycles.